The molecule has 2 aliphatic heterocycles. The molecule has 0 radical (unpaired) electrons. The number of hydrogen-bond donors (Lipinski definition) is 0. The molecule has 15 rings (SSSR count). The van der Waals surface area contributed by atoms with Gasteiger partial charge in [-0.15, -0.1) is 0 Å². The fraction of sp³-hybridized carbons (Fsp3) is 0.455. The number of benzene rings is 7. The first kappa shape index (κ1) is 51.9. The Morgan fingerprint density at radius 1 is 0.358 bits per heavy atom. The van der Waals surface area contributed by atoms with E-state index in [2.05, 4.69) is 237 Å². The molecule has 0 amide bonds. The first-order chi connectivity index (χ1) is 37.8. The van der Waals surface area contributed by atoms with Gasteiger partial charge in [-0.1, -0.05) is 167 Å². The van der Waals surface area contributed by atoms with E-state index in [1.165, 1.54) is 154 Å². The summed E-state index contributed by atoms with van der Waals surface area (Å²) in [5.41, 5.74) is 31.4. The van der Waals surface area contributed by atoms with Gasteiger partial charge in [-0.05, 0) is 233 Å². The Morgan fingerprint density at radius 3 is 1.40 bits per heavy atom. The van der Waals surface area contributed by atoms with Crippen molar-refractivity contribution in [2.75, 3.05) is 9.71 Å². The number of rotatable bonds is 2. The maximum atomic E-state index is 7.37. The highest BCUT2D eigenvalue weighted by atomic mass is 16.3. The summed E-state index contributed by atoms with van der Waals surface area (Å²) < 4.78 is 7.37. The number of hydrogen-bond acceptors (Lipinski definition) is 3. The average molecular weight is 1070 g/mol. The lowest BCUT2D eigenvalue weighted by Gasteiger charge is -2.50. The highest BCUT2D eigenvalue weighted by Gasteiger charge is 2.53. The van der Waals surface area contributed by atoms with Crippen molar-refractivity contribution < 1.29 is 4.42 Å². The van der Waals surface area contributed by atoms with Crippen LogP contribution < -0.4 is 20.6 Å². The minimum absolute atomic E-state index is 0.00160. The maximum absolute atomic E-state index is 7.37. The molecule has 0 bridgehead atoms. The zero-order valence-electron chi connectivity index (χ0n) is 52.4. The van der Waals surface area contributed by atoms with Gasteiger partial charge in [0.1, 0.15) is 11.2 Å². The van der Waals surface area contributed by atoms with Gasteiger partial charge in [0, 0.05) is 56.3 Å². The summed E-state index contributed by atoms with van der Waals surface area (Å²) >= 11 is 0. The molecule has 0 saturated carbocycles. The van der Waals surface area contributed by atoms with E-state index in [9.17, 15) is 0 Å². The molecule has 5 aliphatic carbocycles. The SMILES string of the molecule is CC1(C)CCC(C)(C)c2cc(N3B4c5cc6c(cc5N(c5ccc7c(c5)C(C)(C)CCC7(C)C)c5cc7c(c(c54)-c4cc5c(cc43)oc3cc4c(cc35)C(C)(C)CCC4(C)C)C(C)(C)c3ccccc3-7)C(C)(C)CCC6(C)C)ccc21. The second-order valence-electron chi connectivity index (χ2n) is 32.7. The van der Waals surface area contributed by atoms with Crippen LogP contribution in [0.4, 0.5) is 28.4 Å². The topological polar surface area (TPSA) is 19.6 Å². The summed E-state index contributed by atoms with van der Waals surface area (Å²) in [4.78, 5) is 5.60. The molecule has 0 fully saturated rings. The number of anilines is 5. The average Bonchev–Trinajstić information content (AvgIpc) is 2.21. The zero-order valence-corrected chi connectivity index (χ0v) is 52.4. The molecular weight excluding hydrogens is 980 g/mol. The molecule has 7 aliphatic rings. The molecule has 0 saturated heterocycles. The molecule has 8 aromatic rings. The Labute approximate surface area is 485 Å². The summed E-state index contributed by atoms with van der Waals surface area (Å²) in [7, 11) is 0. The molecule has 0 atom stereocenters. The van der Waals surface area contributed by atoms with Gasteiger partial charge in [-0.25, -0.2) is 0 Å². The van der Waals surface area contributed by atoms with Crippen LogP contribution in [0.1, 0.15) is 232 Å². The lowest BCUT2D eigenvalue weighted by atomic mass is 9.42. The number of fused-ring (bicyclic) bond motifs is 15. The van der Waals surface area contributed by atoms with E-state index >= 15 is 0 Å². The van der Waals surface area contributed by atoms with E-state index in [1.54, 1.807) is 0 Å². The molecule has 4 heteroatoms. The smallest absolute Gasteiger partial charge is 0.333 e. The Morgan fingerprint density at radius 2 is 0.815 bits per heavy atom. The zero-order chi connectivity index (χ0) is 57.1. The fourth-order valence-corrected chi connectivity index (χ4v) is 17.7. The number of nitrogens with zero attached hydrogens (tertiary/aromatic N) is 2. The van der Waals surface area contributed by atoms with Crippen LogP contribution >= 0.6 is 0 Å². The molecule has 0 spiro atoms. The van der Waals surface area contributed by atoms with E-state index in [0.717, 1.165) is 36.8 Å². The summed E-state index contributed by atoms with van der Waals surface area (Å²) in [6.07, 6.45) is 9.34. The third-order valence-electron chi connectivity index (χ3n) is 23.5. The summed E-state index contributed by atoms with van der Waals surface area (Å²) in [6, 6.07) is 42.9. The van der Waals surface area contributed by atoms with Gasteiger partial charge in [-0.3, -0.25) is 0 Å². The van der Waals surface area contributed by atoms with Crippen LogP contribution in [0, 0.1) is 0 Å². The first-order valence-electron chi connectivity index (χ1n) is 31.3. The maximum Gasteiger partial charge on any atom is 0.333 e. The summed E-state index contributed by atoms with van der Waals surface area (Å²) in [5.74, 6) is 0. The standard InChI is InChI=1S/C77H87BN2O/c1-69(2)27-29-71(5,6)54-35-44(23-25-52(54)69)79-62-41-58-57(74(11,12)32-33-75(58,13)14)40-60(62)78-68-63(79)39-49-46-21-19-20-22-51(46)77(17,18)67(49)66(68)50-37-47-48-38-56-59(76(15,16)34-31-73(56,9)10)42-64(48)81-65(47)43-61(50)80(78)45-24-26-53-55(36-45)72(7,8)30-28-70(53,3)4/h19-26,35-43H,27-34H2,1-18H3. The van der Waals surface area contributed by atoms with Crippen LogP contribution in [0.15, 0.2) is 108 Å². The molecule has 7 aromatic carbocycles. The Kier molecular flexibility index (Phi) is 10.1. The Balaban J connectivity index is 1.13. The highest BCUT2D eigenvalue weighted by molar-refractivity contribution is 6.93. The molecular formula is C77H87BN2O. The molecule has 81 heavy (non-hydrogen) atoms. The van der Waals surface area contributed by atoms with Crippen molar-refractivity contribution in [2.45, 2.75) is 225 Å². The Bertz CT molecular complexity index is 4120. The predicted octanol–water partition coefficient (Wildman–Crippen LogP) is 20.0. The van der Waals surface area contributed by atoms with Crippen molar-refractivity contribution in [2.24, 2.45) is 0 Å². The van der Waals surface area contributed by atoms with Crippen LogP contribution in [-0.4, -0.2) is 6.85 Å². The van der Waals surface area contributed by atoms with Crippen molar-refractivity contribution in [1.29, 1.82) is 0 Å². The van der Waals surface area contributed by atoms with Crippen LogP contribution in [0.25, 0.3) is 44.2 Å². The number of furan rings is 1. The molecule has 414 valence electrons. The van der Waals surface area contributed by atoms with E-state index in [1.807, 2.05) is 0 Å². The third-order valence-corrected chi connectivity index (χ3v) is 23.5. The van der Waals surface area contributed by atoms with Gasteiger partial charge in [0.05, 0.1) is 0 Å². The third kappa shape index (κ3) is 6.95. The van der Waals surface area contributed by atoms with Crippen molar-refractivity contribution in [3.63, 3.8) is 0 Å². The predicted molar refractivity (Wildman–Crippen MR) is 346 cm³/mol. The molecule has 1 aromatic heterocycles. The second-order valence-corrected chi connectivity index (χ2v) is 32.7. The van der Waals surface area contributed by atoms with Gasteiger partial charge in [0.2, 0.25) is 0 Å². The van der Waals surface area contributed by atoms with Crippen LogP contribution in [0.2, 0.25) is 0 Å². The van der Waals surface area contributed by atoms with E-state index in [0.29, 0.717) is 0 Å². The fourth-order valence-electron chi connectivity index (χ4n) is 17.7. The van der Waals surface area contributed by atoms with Crippen LogP contribution in [0.5, 0.6) is 0 Å². The summed E-state index contributed by atoms with van der Waals surface area (Å²) in [6.45, 7) is 44.6. The van der Waals surface area contributed by atoms with Crippen molar-refractivity contribution in [3.05, 3.63) is 159 Å². The van der Waals surface area contributed by atoms with E-state index in [-0.39, 0.29) is 55.6 Å². The second kappa shape index (κ2) is 15.8. The van der Waals surface area contributed by atoms with E-state index in [4.69, 9.17) is 4.42 Å². The monoisotopic (exact) mass is 1070 g/mol. The quantitative estimate of drug-likeness (QED) is 0.161. The van der Waals surface area contributed by atoms with Crippen molar-refractivity contribution >= 4 is 68.1 Å². The lowest BCUT2D eigenvalue weighted by Crippen LogP contribution is -2.62. The van der Waals surface area contributed by atoms with Gasteiger partial charge < -0.3 is 14.1 Å². The van der Waals surface area contributed by atoms with Gasteiger partial charge in [-0.2, -0.15) is 0 Å². The van der Waals surface area contributed by atoms with Crippen LogP contribution in [0.3, 0.4) is 0 Å². The van der Waals surface area contributed by atoms with Crippen LogP contribution in [-0.2, 0) is 48.7 Å². The highest BCUT2D eigenvalue weighted by Crippen LogP contribution is 2.61. The molecule has 3 nitrogen and oxygen atoms in total. The minimum Gasteiger partial charge on any atom is -0.456 e. The normalized spacial score (nSPS) is 22.4. The summed E-state index contributed by atoms with van der Waals surface area (Å²) in [5, 5.41) is 2.44. The van der Waals surface area contributed by atoms with Gasteiger partial charge in [0.25, 0.3) is 0 Å². The van der Waals surface area contributed by atoms with Gasteiger partial charge >= 0.3 is 6.85 Å². The van der Waals surface area contributed by atoms with E-state index < -0.39 is 0 Å². The molecule has 0 unspecified atom stereocenters. The lowest BCUT2D eigenvalue weighted by molar-refractivity contribution is 0.332. The van der Waals surface area contributed by atoms with Crippen molar-refractivity contribution in [3.8, 4) is 22.3 Å². The minimum atomic E-state index is -0.280. The Hall–Kier alpha value is -6.00. The van der Waals surface area contributed by atoms with Crippen molar-refractivity contribution in [1.82, 2.24) is 0 Å². The van der Waals surface area contributed by atoms with Gasteiger partial charge in [0.15, 0.2) is 0 Å². The largest absolute Gasteiger partial charge is 0.456 e. The molecule has 3 heterocycles. The molecule has 0 N–H and O–H groups in total. The first-order valence-corrected chi connectivity index (χ1v) is 31.3.